The van der Waals surface area contributed by atoms with E-state index in [-0.39, 0.29) is 11.7 Å². The van der Waals surface area contributed by atoms with Crippen LogP contribution in [-0.2, 0) is 0 Å². The number of amides is 1. The molecule has 0 radical (unpaired) electrons. The fourth-order valence-electron chi connectivity index (χ4n) is 1.87. The number of anilines is 1. The van der Waals surface area contributed by atoms with Gasteiger partial charge in [-0.2, -0.15) is 10.2 Å². The van der Waals surface area contributed by atoms with E-state index >= 15 is 0 Å². The van der Waals surface area contributed by atoms with Crippen LogP contribution in [0.1, 0.15) is 10.4 Å². The number of benzene rings is 2. The Labute approximate surface area is 114 Å². The van der Waals surface area contributed by atoms with Crippen LogP contribution in [0.3, 0.4) is 0 Å². The van der Waals surface area contributed by atoms with Gasteiger partial charge in [-0.05, 0) is 36.4 Å². The summed E-state index contributed by atoms with van der Waals surface area (Å²) in [4.78, 5) is 12.1. The van der Waals surface area contributed by atoms with Crippen molar-refractivity contribution in [3.8, 4) is 0 Å². The minimum absolute atomic E-state index is 0.254. The molecule has 1 amide bonds. The zero-order valence-electron chi connectivity index (χ0n) is 10.4. The molecule has 20 heavy (non-hydrogen) atoms. The average molecular weight is 267 g/mol. The molecule has 0 saturated carbocycles. The molecule has 0 bridgehead atoms. The highest BCUT2D eigenvalue weighted by Crippen LogP contribution is 2.15. The molecule has 0 aliphatic rings. The fourth-order valence-corrected chi connectivity index (χ4v) is 1.87. The van der Waals surface area contributed by atoms with Crippen LogP contribution in [0, 0.1) is 5.82 Å². The Kier molecular flexibility index (Phi) is 3.09. The van der Waals surface area contributed by atoms with Crippen molar-refractivity contribution in [2.24, 2.45) is 0 Å². The fraction of sp³-hybridized carbons (Fsp3) is 0. The standard InChI is InChI=1S/C15H10FN3O/c16-13-3-5-14(6-4-13)19-15(20)10-1-2-11-8-17-18-9-12(11)7-10/h1-9H,(H,19,20). The minimum Gasteiger partial charge on any atom is -0.322 e. The molecule has 3 rings (SSSR count). The van der Waals surface area contributed by atoms with Gasteiger partial charge >= 0.3 is 0 Å². The Balaban J connectivity index is 1.86. The van der Waals surface area contributed by atoms with Gasteiger partial charge < -0.3 is 5.32 Å². The van der Waals surface area contributed by atoms with Gasteiger partial charge in [-0.25, -0.2) is 4.39 Å². The zero-order valence-corrected chi connectivity index (χ0v) is 10.4. The first-order valence-corrected chi connectivity index (χ1v) is 6.00. The van der Waals surface area contributed by atoms with Crippen molar-refractivity contribution in [2.45, 2.75) is 0 Å². The van der Waals surface area contributed by atoms with Gasteiger partial charge in [0.2, 0.25) is 0 Å². The molecule has 5 heteroatoms. The highest BCUT2D eigenvalue weighted by Gasteiger charge is 2.07. The lowest BCUT2D eigenvalue weighted by atomic mass is 10.1. The predicted octanol–water partition coefficient (Wildman–Crippen LogP) is 3.02. The maximum Gasteiger partial charge on any atom is 0.255 e. The van der Waals surface area contributed by atoms with Gasteiger partial charge in [-0.3, -0.25) is 4.79 Å². The van der Waals surface area contributed by atoms with Gasteiger partial charge in [-0.15, -0.1) is 0 Å². The van der Waals surface area contributed by atoms with Gasteiger partial charge in [0.05, 0.1) is 12.4 Å². The van der Waals surface area contributed by atoms with Crippen molar-refractivity contribution in [2.75, 3.05) is 5.32 Å². The van der Waals surface area contributed by atoms with Crippen molar-refractivity contribution in [3.05, 3.63) is 66.2 Å². The summed E-state index contributed by atoms with van der Waals surface area (Å²) in [7, 11) is 0. The number of carbonyl (C=O) groups is 1. The van der Waals surface area contributed by atoms with Crippen LogP contribution in [-0.4, -0.2) is 16.1 Å². The van der Waals surface area contributed by atoms with Crippen LogP contribution in [0.2, 0.25) is 0 Å². The van der Waals surface area contributed by atoms with E-state index in [2.05, 4.69) is 15.5 Å². The molecular weight excluding hydrogens is 257 g/mol. The third kappa shape index (κ3) is 2.47. The molecule has 3 aromatic rings. The van der Waals surface area contributed by atoms with E-state index in [1.54, 1.807) is 24.5 Å². The first kappa shape index (κ1) is 12.2. The Morgan fingerprint density at radius 2 is 1.65 bits per heavy atom. The van der Waals surface area contributed by atoms with E-state index in [9.17, 15) is 9.18 Å². The van der Waals surface area contributed by atoms with Crippen LogP contribution < -0.4 is 5.32 Å². The van der Waals surface area contributed by atoms with Gasteiger partial charge in [0.1, 0.15) is 5.82 Å². The van der Waals surface area contributed by atoms with Crippen molar-refractivity contribution in [1.29, 1.82) is 0 Å². The first-order valence-electron chi connectivity index (χ1n) is 6.00. The number of aromatic nitrogens is 2. The predicted molar refractivity (Wildman–Crippen MR) is 73.9 cm³/mol. The molecule has 1 N–H and O–H groups in total. The summed E-state index contributed by atoms with van der Waals surface area (Å²) in [6, 6.07) is 10.9. The largest absolute Gasteiger partial charge is 0.322 e. The maximum atomic E-state index is 12.8. The Hall–Kier alpha value is -2.82. The van der Waals surface area contributed by atoms with Crippen molar-refractivity contribution in [1.82, 2.24) is 10.2 Å². The molecule has 1 heterocycles. The second-order valence-electron chi connectivity index (χ2n) is 4.29. The molecule has 0 aliphatic carbocycles. The van der Waals surface area contributed by atoms with Crippen molar-refractivity contribution in [3.63, 3.8) is 0 Å². The van der Waals surface area contributed by atoms with Crippen LogP contribution >= 0.6 is 0 Å². The first-order chi connectivity index (χ1) is 9.72. The summed E-state index contributed by atoms with van der Waals surface area (Å²) in [6.45, 7) is 0. The van der Waals surface area contributed by atoms with Gasteiger partial charge in [0, 0.05) is 22.0 Å². The lowest BCUT2D eigenvalue weighted by molar-refractivity contribution is 0.102. The average Bonchev–Trinajstić information content (AvgIpc) is 2.49. The Bertz CT molecular complexity index is 771. The highest BCUT2D eigenvalue weighted by molar-refractivity contribution is 6.06. The number of nitrogens with one attached hydrogen (secondary N) is 1. The minimum atomic E-state index is -0.340. The molecule has 4 nitrogen and oxygen atoms in total. The topological polar surface area (TPSA) is 54.9 Å². The summed E-state index contributed by atoms with van der Waals surface area (Å²) in [6.07, 6.45) is 3.24. The second-order valence-corrected chi connectivity index (χ2v) is 4.29. The Morgan fingerprint density at radius 1 is 0.950 bits per heavy atom. The number of rotatable bonds is 2. The van der Waals surface area contributed by atoms with Crippen molar-refractivity contribution >= 4 is 22.4 Å². The monoisotopic (exact) mass is 267 g/mol. The summed E-state index contributed by atoms with van der Waals surface area (Å²) < 4.78 is 12.8. The second kappa shape index (κ2) is 5.05. The Morgan fingerprint density at radius 3 is 2.40 bits per heavy atom. The van der Waals surface area contributed by atoms with Gasteiger partial charge in [0.15, 0.2) is 0 Å². The van der Waals surface area contributed by atoms with E-state index < -0.39 is 0 Å². The lowest BCUT2D eigenvalue weighted by Gasteiger charge is -2.06. The third-order valence-corrected chi connectivity index (χ3v) is 2.91. The quantitative estimate of drug-likeness (QED) is 0.776. The van der Waals surface area contributed by atoms with E-state index in [1.807, 2.05) is 6.07 Å². The van der Waals surface area contributed by atoms with Crippen molar-refractivity contribution < 1.29 is 9.18 Å². The molecular formula is C15H10FN3O. The number of hydrogen-bond acceptors (Lipinski definition) is 3. The normalized spacial score (nSPS) is 10.4. The molecule has 0 unspecified atom stereocenters. The molecule has 0 spiro atoms. The molecule has 0 atom stereocenters. The molecule has 0 aliphatic heterocycles. The smallest absolute Gasteiger partial charge is 0.255 e. The number of halogens is 1. The number of carbonyl (C=O) groups excluding carboxylic acids is 1. The third-order valence-electron chi connectivity index (χ3n) is 2.91. The molecule has 1 aromatic heterocycles. The maximum absolute atomic E-state index is 12.8. The van der Waals surface area contributed by atoms with Crippen LogP contribution in [0.25, 0.3) is 10.8 Å². The molecule has 0 fully saturated rings. The summed E-state index contributed by atoms with van der Waals surface area (Å²) in [5.74, 6) is -0.595. The van der Waals surface area contributed by atoms with Gasteiger partial charge in [-0.1, -0.05) is 6.07 Å². The SMILES string of the molecule is O=C(Nc1ccc(F)cc1)c1ccc2cnncc2c1. The van der Waals surface area contributed by atoms with E-state index in [1.165, 1.54) is 24.3 Å². The molecule has 98 valence electrons. The van der Waals surface area contributed by atoms with Crippen LogP contribution in [0.15, 0.2) is 54.9 Å². The molecule has 0 saturated heterocycles. The van der Waals surface area contributed by atoms with E-state index in [4.69, 9.17) is 0 Å². The number of hydrogen-bond donors (Lipinski definition) is 1. The number of fused-ring (bicyclic) bond motifs is 1. The molecule has 2 aromatic carbocycles. The summed E-state index contributed by atoms with van der Waals surface area (Å²) in [5, 5.41) is 12.0. The van der Waals surface area contributed by atoms with E-state index in [0.717, 1.165) is 10.8 Å². The summed E-state index contributed by atoms with van der Waals surface area (Å²) >= 11 is 0. The lowest BCUT2D eigenvalue weighted by Crippen LogP contribution is -2.11. The van der Waals surface area contributed by atoms with Crippen LogP contribution in [0.5, 0.6) is 0 Å². The van der Waals surface area contributed by atoms with Gasteiger partial charge in [0.25, 0.3) is 5.91 Å². The zero-order chi connectivity index (χ0) is 13.9. The van der Waals surface area contributed by atoms with E-state index in [0.29, 0.717) is 11.3 Å². The van der Waals surface area contributed by atoms with Crippen LogP contribution in [0.4, 0.5) is 10.1 Å². The number of nitrogens with zero attached hydrogens (tertiary/aromatic N) is 2. The summed E-state index contributed by atoms with van der Waals surface area (Å²) in [5.41, 5.74) is 1.05. The highest BCUT2D eigenvalue weighted by atomic mass is 19.1.